The summed E-state index contributed by atoms with van der Waals surface area (Å²) in [4.78, 5) is 12.1. The molecule has 0 aromatic heterocycles. The van der Waals surface area contributed by atoms with E-state index < -0.39 is 24.8 Å². The molecule has 162 valence electrons. The monoisotopic (exact) mass is 406 g/mol. The Morgan fingerprint density at radius 1 is 1.14 bits per heavy atom. The van der Waals surface area contributed by atoms with Gasteiger partial charge in [-0.3, -0.25) is 0 Å². The fourth-order valence-corrected chi connectivity index (χ4v) is 3.59. The van der Waals surface area contributed by atoms with Crippen LogP contribution in [0, 0.1) is 5.92 Å². The summed E-state index contributed by atoms with van der Waals surface area (Å²) in [6.07, 6.45) is 14.1. The van der Waals surface area contributed by atoms with Crippen LogP contribution in [0.4, 0.5) is 0 Å². The number of esters is 1. The van der Waals surface area contributed by atoms with Gasteiger partial charge in [-0.1, -0.05) is 42.5 Å². The van der Waals surface area contributed by atoms with E-state index in [1.807, 2.05) is 12.2 Å². The highest BCUT2D eigenvalue weighted by Gasteiger charge is 2.22. The van der Waals surface area contributed by atoms with Crippen molar-refractivity contribution < 1.29 is 29.6 Å². The first-order valence-corrected chi connectivity index (χ1v) is 10.4. The number of carbonyl (C=O) groups excluding carboxylic acids is 1. The molecule has 2 aliphatic heterocycles. The minimum atomic E-state index is -1.17. The molecule has 2 heterocycles. The van der Waals surface area contributed by atoms with E-state index in [2.05, 4.69) is 12.7 Å². The van der Waals surface area contributed by atoms with Crippen molar-refractivity contribution in [1.82, 2.24) is 0 Å². The average molecular weight is 407 g/mol. The second kappa shape index (κ2) is 12.8. The fraction of sp³-hybridized carbons (Fsp3) is 0.609. The second-order valence-electron chi connectivity index (χ2n) is 7.78. The Kier molecular flexibility index (Phi) is 10.4. The summed E-state index contributed by atoms with van der Waals surface area (Å²) in [6.45, 7) is 3.63. The van der Waals surface area contributed by atoms with Gasteiger partial charge >= 0.3 is 5.97 Å². The van der Waals surface area contributed by atoms with Crippen LogP contribution >= 0.6 is 0 Å². The van der Waals surface area contributed by atoms with Crippen molar-refractivity contribution in [3.63, 3.8) is 0 Å². The summed E-state index contributed by atoms with van der Waals surface area (Å²) in [7, 11) is 0. The van der Waals surface area contributed by atoms with E-state index in [1.165, 1.54) is 6.08 Å². The van der Waals surface area contributed by atoms with Crippen LogP contribution in [-0.4, -0.2) is 58.9 Å². The zero-order valence-corrected chi connectivity index (χ0v) is 17.0. The number of hydrogen-bond acceptors (Lipinski definition) is 6. The Morgan fingerprint density at radius 2 is 1.93 bits per heavy atom. The lowest BCUT2D eigenvalue weighted by molar-refractivity contribution is -0.150. The summed E-state index contributed by atoms with van der Waals surface area (Å²) < 4.78 is 11.4. The molecule has 0 saturated heterocycles. The third-order valence-electron chi connectivity index (χ3n) is 5.24. The Balaban J connectivity index is 2.10. The minimum absolute atomic E-state index is 0.0104. The van der Waals surface area contributed by atoms with Crippen molar-refractivity contribution >= 4 is 5.97 Å². The first kappa shape index (κ1) is 23.5. The Bertz CT molecular complexity index is 608. The SMILES string of the molecule is C=C1CCCC2CC=CC(CC=CC(=O)OC(C(O)CO)CC=CC(CO)C1)O2. The molecule has 0 aromatic rings. The molecule has 29 heavy (non-hydrogen) atoms. The van der Waals surface area contributed by atoms with Gasteiger partial charge in [-0.2, -0.15) is 0 Å². The highest BCUT2D eigenvalue weighted by atomic mass is 16.6. The summed E-state index contributed by atoms with van der Waals surface area (Å²) in [5.41, 5.74) is 1.08. The van der Waals surface area contributed by atoms with Gasteiger partial charge < -0.3 is 24.8 Å². The van der Waals surface area contributed by atoms with E-state index >= 15 is 0 Å². The number of aliphatic hydroxyl groups excluding tert-OH is 3. The van der Waals surface area contributed by atoms with E-state index in [4.69, 9.17) is 9.47 Å². The molecule has 5 atom stereocenters. The van der Waals surface area contributed by atoms with Crippen molar-refractivity contribution in [2.75, 3.05) is 13.2 Å². The third-order valence-corrected chi connectivity index (χ3v) is 5.24. The number of carbonyl (C=O) groups is 1. The Morgan fingerprint density at radius 3 is 2.69 bits per heavy atom. The molecule has 0 spiro atoms. The maximum atomic E-state index is 12.1. The second-order valence-corrected chi connectivity index (χ2v) is 7.78. The molecule has 0 saturated carbocycles. The lowest BCUT2D eigenvalue weighted by atomic mass is 9.95. The number of aliphatic hydroxyl groups is 3. The molecule has 0 fully saturated rings. The molecular weight excluding hydrogens is 372 g/mol. The Hall–Kier alpha value is -1.73. The van der Waals surface area contributed by atoms with Crippen LogP contribution in [0.15, 0.2) is 48.6 Å². The third kappa shape index (κ3) is 8.66. The van der Waals surface area contributed by atoms with E-state index in [-0.39, 0.29) is 31.2 Å². The van der Waals surface area contributed by atoms with Crippen LogP contribution in [0.3, 0.4) is 0 Å². The molecule has 0 aliphatic carbocycles. The summed E-state index contributed by atoms with van der Waals surface area (Å²) in [5, 5.41) is 28.8. The number of ether oxygens (including phenoxy) is 2. The molecule has 5 unspecified atom stereocenters. The van der Waals surface area contributed by atoms with Gasteiger partial charge in [0, 0.05) is 25.0 Å². The van der Waals surface area contributed by atoms with Gasteiger partial charge in [-0.05, 0) is 38.5 Å². The minimum Gasteiger partial charge on any atom is -0.456 e. The lowest BCUT2D eigenvalue weighted by Gasteiger charge is -2.25. The number of allylic oxidation sites excluding steroid dienone is 1. The normalized spacial score (nSPS) is 31.0. The smallest absolute Gasteiger partial charge is 0.330 e. The predicted molar refractivity (Wildman–Crippen MR) is 111 cm³/mol. The van der Waals surface area contributed by atoms with Crippen molar-refractivity contribution in [3.8, 4) is 0 Å². The molecular formula is C23H34O6. The quantitative estimate of drug-likeness (QED) is 0.492. The molecule has 6 nitrogen and oxygen atoms in total. The molecule has 3 N–H and O–H groups in total. The van der Waals surface area contributed by atoms with Gasteiger partial charge in [0.05, 0.1) is 18.8 Å². The van der Waals surface area contributed by atoms with Crippen LogP contribution < -0.4 is 0 Å². The summed E-state index contributed by atoms with van der Waals surface area (Å²) >= 11 is 0. The highest BCUT2D eigenvalue weighted by Crippen LogP contribution is 2.23. The van der Waals surface area contributed by atoms with Crippen LogP contribution in [-0.2, 0) is 14.3 Å². The molecule has 0 aromatic carbocycles. The molecule has 0 amide bonds. The van der Waals surface area contributed by atoms with Crippen LogP contribution in [0.25, 0.3) is 0 Å². The van der Waals surface area contributed by atoms with Crippen molar-refractivity contribution in [1.29, 1.82) is 0 Å². The Labute approximate surface area is 173 Å². The molecule has 2 aliphatic rings. The van der Waals surface area contributed by atoms with Crippen molar-refractivity contribution in [3.05, 3.63) is 48.6 Å². The van der Waals surface area contributed by atoms with Crippen LogP contribution in [0.2, 0.25) is 0 Å². The van der Waals surface area contributed by atoms with Crippen LogP contribution in [0.1, 0.15) is 44.9 Å². The van der Waals surface area contributed by atoms with E-state index in [0.717, 1.165) is 31.3 Å². The summed E-state index contributed by atoms with van der Waals surface area (Å²) in [6, 6.07) is 0. The number of cyclic esters (lactones) is 1. The number of hydrogen-bond donors (Lipinski definition) is 3. The molecule has 2 bridgehead atoms. The van der Waals surface area contributed by atoms with E-state index in [0.29, 0.717) is 12.8 Å². The maximum absolute atomic E-state index is 12.1. The summed E-state index contributed by atoms with van der Waals surface area (Å²) in [5.74, 6) is -0.650. The van der Waals surface area contributed by atoms with Gasteiger partial charge in [0.25, 0.3) is 0 Å². The van der Waals surface area contributed by atoms with Gasteiger partial charge in [-0.15, -0.1) is 0 Å². The topological polar surface area (TPSA) is 96.2 Å². The van der Waals surface area contributed by atoms with Gasteiger partial charge in [-0.25, -0.2) is 4.79 Å². The first-order valence-electron chi connectivity index (χ1n) is 10.4. The lowest BCUT2D eigenvalue weighted by Crippen LogP contribution is -2.33. The first-order chi connectivity index (χ1) is 14.0. The fourth-order valence-electron chi connectivity index (χ4n) is 3.59. The van der Waals surface area contributed by atoms with Crippen LogP contribution in [0.5, 0.6) is 0 Å². The zero-order valence-electron chi connectivity index (χ0n) is 17.0. The largest absolute Gasteiger partial charge is 0.456 e. The van der Waals surface area contributed by atoms with Gasteiger partial charge in [0.1, 0.15) is 12.2 Å². The van der Waals surface area contributed by atoms with E-state index in [9.17, 15) is 20.1 Å². The number of rotatable bonds is 3. The van der Waals surface area contributed by atoms with Crippen molar-refractivity contribution in [2.24, 2.45) is 5.92 Å². The van der Waals surface area contributed by atoms with Gasteiger partial charge in [0.2, 0.25) is 0 Å². The molecule has 6 heteroatoms. The van der Waals surface area contributed by atoms with Crippen molar-refractivity contribution in [2.45, 2.75) is 69.4 Å². The molecule has 2 rings (SSSR count). The standard InChI is InChI=1S/C23H34O6/c1-17-6-2-8-19-9-4-10-20(28-19)11-5-13-23(27)29-22(21(26)16-25)12-3-7-18(14-17)15-24/h3-5,7,10,13,18-22,24-26H,1-2,6,8-9,11-12,14-16H2. The average Bonchev–Trinajstić information content (AvgIpc) is 2.71. The van der Waals surface area contributed by atoms with E-state index in [1.54, 1.807) is 12.2 Å². The zero-order chi connectivity index (χ0) is 21.1. The molecule has 0 radical (unpaired) electrons. The highest BCUT2D eigenvalue weighted by molar-refractivity contribution is 5.82. The van der Waals surface area contributed by atoms with Gasteiger partial charge in [0.15, 0.2) is 0 Å². The predicted octanol–water partition coefficient (Wildman–Crippen LogP) is 2.60. The maximum Gasteiger partial charge on any atom is 0.330 e. The number of fused-ring (bicyclic) bond motifs is 2.